The Balaban J connectivity index is 1.78. The van der Waals surface area contributed by atoms with Gasteiger partial charge in [-0.3, -0.25) is 14.5 Å². The van der Waals surface area contributed by atoms with Crippen molar-refractivity contribution < 1.29 is 14.3 Å². The molecule has 5 nitrogen and oxygen atoms in total. The lowest BCUT2D eigenvalue weighted by atomic mass is 9.98. The third-order valence-corrected chi connectivity index (χ3v) is 3.64. The normalized spacial score (nSPS) is 27.6. The van der Waals surface area contributed by atoms with Gasteiger partial charge >= 0.3 is 0 Å². The number of imide groups is 1. The van der Waals surface area contributed by atoms with E-state index in [4.69, 9.17) is 4.74 Å². The van der Waals surface area contributed by atoms with Crippen molar-refractivity contribution in [1.29, 1.82) is 0 Å². The molecule has 17 heavy (non-hydrogen) atoms. The van der Waals surface area contributed by atoms with E-state index in [9.17, 15) is 9.59 Å². The Morgan fingerprint density at radius 3 is 2.71 bits per heavy atom. The predicted octanol–water partition coefficient (Wildman–Crippen LogP) is 0.150. The zero-order chi connectivity index (χ0) is 12.3. The van der Waals surface area contributed by atoms with Crippen molar-refractivity contribution in [3.8, 4) is 0 Å². The van der Waals surface area contributed by atoms with Gasteiger partial charge in [-0.2, -0.15) is 0 Å². The molecule has 2 aliphatic heterocycles. The van der Waals surface area contributed by atoms with Crippen LogP contribution in [0.15, 0.2) is 0 Å². The summed E-state index contributed by atoms with van der Waals surface area (Å²) in [6.45, 7) is 2.49. The van der Waals surface area contributed by atoms with E-state index in [0.717, 1.165) is 32.6 Å². The Morgan fingerprint density at radius 2 is 2.00 bits per heavy atom. The Hall–Kier alpha value is -0.940. The largest absolute Gasteiger partial charge is 0.381 e. The van der Waals surface area contributed by atoms with Crippen LogP contribution in [0.5, 0.6) is 0 Å². The molecule has 2 saturated heterocycles. The lowest BCUT2D eigenvalue weighted by Crippen LogP contribution is -2.52. The standard InChI is InChI=1S/C12H20N2O3/c1-14-11(15)3-2-10(12(14)16)13-8-9-4-6-17-7-5-9/h9-10,13H,2-8H2,1H3. The van der Waals surface area contributed by atoms with Gasteiger partial charge in [0.25, 0.3) is 0 Å². The second-order valence-corrected chi connectivity index (χ2v) is 4.85. The third-order valence-electron chi connectivity index (χ3n) is 3.64. The van der Waals surface area contributed by atoms with E-state index in [1.54, 1.807) is 7.05 Å². The van der Waals surface area contributed by atoms with Gasteiger partial charge in [0.2, 0.25) is 11.8 Å². The molecule has 0 aromatic carbocycles. The molecule has 0 aromatic rings. The van der Waals surface area contributed by atoms with Crippen LogP contribution in [0.2, 0.25) is 0 Å². The number of carbonyl (C=O) groups is 2. The van der Waals surface area contributed by atoms with Gasteiger partial charge in [0.1, 0.15) is 0 Å². The first-order valence-electron chi connectivity index (χ1n) is 6.30. The monoisotopic (exact) mass is 240 g/mol. The number of hydrogen-bond donors (Lipinski definition) is 1. The van der Waals surface area contributed by atoms with Crippen molar-refractivity contribution in [3.05, 3.63) is 0 Å². The molecule has 1 atom stereocenters. The smallest absolute Gasteiger partial charge is 0.246 e. The SMILES string of the molecule is CN1C(=O)CCC(NCC2CCOCC2)C1=O. The van der Waals surface area contributed by atoms with Gasteiger partial charge in [-0.25, -0.2) is 0 Å². The highest BCUT2D eigenvalue weighted by atomic mass is 16.5. The Labute approximate surface area is 101 Å². The predicted molar refractivity (Wildman–Crippen MR) is 62.3 cm³/mol. The van der Waals surface area contributed by atoms with E-state index in [1.165, 1.54) is 4.90 Å². The minimum Gasteiger partial charge on any atom is -0.381 e. The van der Waals surface area contributed by atoms with Crippen molar-refractivity contribution in [1.82, 2.24) is 10.2 Å². The second kappa shape index (κ2) is 5.60. The second-order valence-electron chi connectivity index (χ2n) is 4.85. The van der Waals surface area contributed by atoms with Gasteiger partial charge in [0.15, 0.2) is 0 Å². The maximum atomic E-state index is 11.8. The molecule has 0 saturated carbocycles. The molecule has 2 heterocycles. The highest BCUT2D eigenvalue weighted by molar-refractivity contribution is 6.00. The van der Waals surface area contributed by atoms with Crippen LogP contribution in [0.3, 0.4) is 0 Å². The van der Waals surface area contributed by atoms with Gasteiger partial charge in [-0.05, 0) is 31.7 Å². The summed E-state index contributed by atoms with van der Waals surface area (Å²) in [5, 5.41) is 3.29. The molecule has 0 spiro atoms. The summed E-state index contributed by atoms with van der Waals surface area (Å²) >= 11 is 0. The summed E-state index contributed by atoms with van der Waals surface area (Å²) < 4.78 is 5.30. The number of likely N-dealkylation sites (N-methyl/N-ethyl adjacent to an activating group) is 1. The number of carbonyl (C=O) groups excluding carboxylic acids is 2. The van der Waals surface area contributed by atoms with Gasteiger partial charge in [0, 0.05) is 26.7 Å². The quantitative estimate of drug-likeness (QED) is 0.713. The molecule has 2 amide bonds. The van der Waals surface area contributed by atoms with E-state index in [-0.39, 0.29) is 17.9 Å². The first-order chi connectivity index (χ1) is 8.18. The average molecular weight is 240 g/mol. The number of nitrogens with one attached hydrogen (secondary N) is 1. The number of rotatable bonds is 3. The summed E-state index contributed by atoms with van der Waals surface area (Å²) in [7, 11) is 1.56. The number of piperidine rings is 1. The number of nitrogens with zero attached hydrogens (tertiary/aromatic N) is 1. The van der Waals surface area contributed by atoms with Gasteiger partial charge in [-0.1, -0.05) is 0 Å². The minimum atomic E-state index is -0.180. The summed E-state index contributed by atoms with van der Waals surface area (Å²) in [6, 6.07) is -0.180. The van der Waals surface area contributed by atoms with E-state index in [0.29, 0.717) is 18.8 Å². The van der Waals surface area contributed by atoms with Gasteiger partial charge in [0.05, 0.1) is 6.04 Å². The highest BCUT2D eigenvalue weighted by Gasteiger charge is 2.31. The number of likely N-dealkylation sites (tertiary alicyclic amines) is 1. The van der Waals surface area contributed by atoms with Crippen molar-refractivity contribution >= 4 is 11.8 Å². The molecular weight excluding hydrogens is 220 g/mol. The van der Waals surface area contributed by atoms with Crippen molar-refractivity contribution in [2.24, 2.45) is 5.92 Å². The molecule has 96 valence electrons. The van der Waals surface area contributed by atoms with Crippen LogP contribution in [-0.2, 0) is 14.3 Å². The molecule has 5 heteroatoms. The Morgan fingerprint density at radius 1 is 1.29 bits per heavy atom. The fraction of sp³-hybridized carbons (Fsp3) is 0.833. The Kier molecular flexibility index (Phi) is 4.12. The lowest BCUT2D eigenvalue weighted by molar-refractivity contribution is -0.148. The molecule has 0 aromatic heterocycles. The summed E-state index contributed by atoms with van der Waals surface area (Å²) in [4.78, 5) is 24.4. The van der Waals surface area contributed by atoms with Crippen LogP contribution in [0, 0.1) is 5.92 Å². The van der Waals surface area contributed by atoms with E-state index >= 15 is 0 Å². The molecule has 0 radical (unpaired) electrons. The van der Waals surface area contributed by atoms with Crippen LogP contribution < -0.4 is 5.32 Å². The van der Waals surface area contributed by atoms with Gasteiger partial charge in [-0.15, -0.1) is 0 Å². The maximum Gasteiger partial charge on any atom is 0.246 e. The van der Waals surface area contributed by atoms with Crippen molar-refractivity contribution in [2.75, 3.05) is 26.8 Å². The molecule has 1 unspecified atom stereocenters. The maximum absolute atomic E-state index is 11.8. The zero-order valence-electron chi connectivity index (χ0n) is 10.3. The topological polar surface area (TPSA) is 58.6 Å². The summed E-state index contributed by atoms with van der Waals surface area (Å²) in [6.07, 6.45) is 3.21. The first-order valence-corrected chi connectivity index (χ1v) is 6.30. The molecule has 0 bridgehead atoms. The molecular formula is C12H20N2O3. The van der Waals surface area contributed by atoms with Gasteiger partial charge < -0.3 is 10.1 Å². The lowest BCUT2D eigenvalue weighted by Gasteiger charge is -2.30. The number of amides is 2. The molecule has 1 N–H and O–H groups in total. The van der Waals surface area contributed by atoms with Crippen LogP contribution in [0.1, 0.15) is 25.7 Å². The number of hydrogen-bond acceptors (Lipinski definition) is 4. The molecule has 2 fully saturated rings. The van der Waals surface area contributed by atoms with Crippen molar-refractivity contribution in [2.45, 2.75) is 31.7 Å². The molecule has 2 aliphatic rings. The van der Waals surface area contributed by atoms with Crippen molar-refractivity contribution in [3.63, 3.8) is 0 Å². The molecule has 2 rings (SSSR count). The fourth-order valence-corrected chi connectivity index (χ4v) is 2.36. The highest BCUT2D eigenvalue weighted by Crippen LogP contribution is 2.16. The van der Waals surface area contributed by atoms with E-state index in [2.05, 4.69) is 5.32 Å². The average Bonchev–Trinajstić information content (AvgIpc) is 2.36. The summed E-state index contributed by atoms with van der Waals surface area (Å²) in [5.41, 5.74) is 0. The molecule has 0 aliphatic carbocycles. The Bertz CT molecular complexity index is 300. The number of ether oxygens (including phenoxy) is 1. The van der Waals surface area contributed by atoms with Crippen LogP contribution in [-0.4, -0.2) is 49.6 Å². The van der Waals surface area contributed by atoms with E-state index < -0.39 is 0 Å². The van der Waals surface area contributed by atoms with E-state index in [1.807, 2.05) is 0 Å². The third kappa shape index (κ3) is 3.04. The minimum absolute atomic E-state index is 0.0703. The van der Waals surface area contributed by atoms with Crippen LogP contribution in [0.4, 0.5) is 0 Å². The first kappa shape index (κ1) is 12.5. The zero-order valence-corrected chi connectivity index (χ0v) is 10.3. The summed E-state index contributed by atoms with van der Waals surface area (Å²) in [5.74, 6) is 0.437. The van der Waals surface area contributed by atoms with Crippen LogP contribution in [0.25, 0.3) is 0 Å². The van der Waals surface area contributed by atoms with Crippen LogP contribution >= 0.6 is 0 Å². The fourth-order valence-electron chi connectivity index (χ4n) is 2.36.